The van der Waals surface area contributed by atoms with Gasteiger partial charge in [-0.1, -0.05) is 18.2 Å². The van der Waals surface area contributed by atoms with Gasteiger partial charge in [0.1, 0.15) is 40.4 Å². The monoisotopic (exact) mass is 443 g/mol. The smallest absolute Gasteiger partial charge is 0.143 e. The molecule has 0 aliphatic heterocycles. The van der Waals surface area contributed by atoms with Crippen LogP contribution < -0.4 is 10.5 Å². The molecule has 0 bridgehead atoms. The van der Waals surface area contributed by atoms with Crippen molar-refractivity contribution >= 4 is 17.6 Å². The van der Waals surface area contributed by atoms with Crippen LogP contribution >= 0.6 is 11.8 Å². The number of ether oxygens (including phenoxy) is 1. The number of aliphatic hydroxyl groups excluding tert-OH is 1. The van der Waals surface area contributed by atoms with Gasteiger partial charge in [-0.05, 0) is 48.6 Å². The predicted molar refractivity (Wildman–Crippen MR) is 122 cm³/mol. The average molecular weight is 444 g/mol. The van der Waals surface area contributed by atoms with Crippen molar-refractivity contribution in [2.24, 2.45) is 0 Å². The van der Waals surface area contributed by atoms with Gasteiger partial charge in [-0.3, -0.25) is 4.98 Å². The van der Waals surface area contributed by atoms with E-state index in [4.69, 9.17) is 10.5 Å². The van der Waals surface area contributed by atoms with Crippen molar-refractivity contribution in [3.05, 3.63) is 65.5 Å². The van der Waals surface area contributed by atoms with E-state index in [0.717, 1.165) is 24.8 Å². The lowest BCUT2D eigenvalue weighted by atomic mass is 9.97. The van der Waals surface area contributed by atoms with E-state index in [1.165, 1.54) is 11.8 Å². The lowest BCUT2D eigenvalue weighted by Crippen LogP contribution is -2.25. The first kappa shape index (κ1) is 21.6. The van der Waals surface area contributed by atoms with Crippen molar-refractivity contribution in [3.8, 4) is 29.0 Å². The number of hydrogen-bond acceptors (Lipinski definition) is 8. The van der Waals surface area contributed by atoms with E-state index in [-0.39, 0.29) is 17.5 Å². The second kappa shape index (κ2) is 9.69. The maximum atomic E-state index is 9.99. The molecule has 0 amide bonds. The van der Waals surface area contributed by atoms with Crippen molar-refractivity contribution in [2.75, 3.05) is 5.73 Å². The summed E-state index contributed by atoms with van der Waals surface area (Å²) in [6.45, 7) is 0. The van der Waals surface area contributed by atoms with Gasteiger partial charge in [0, 0.05) is 23.7 Å². The fourth-order valence-corrected chi connectivity index (χ4v) is 4.67. The largest absolute Gasteiger partial charge is 0.488 e. The zero-order valence-corrected chi connectivity index (χ0v) is 18.0. The summed E-state index contributed by atoms with van der Waals surface area (Å²) in [4.78, 5) is 8.44. The van der Waals surface area contributed by atoms with Crippen molar-refractivity contribution in [1.82, 2.24) is 9.97 Å². The number of rotatable bonds is 6. The molecule has 2 unspecified atom stereocenters. The van der Waals surface area contributed by atoms with E-state index in [0.29, 0.717) is 33.2 Å². The highest BCUT2D eigenvalue weighted by Gasteiger charge is 2.27. The number of nitrogens with two attached hydrogens (primary N) is 1. The molecule has 1 aliphatic rings. The Balaban J connectivity index is 1.67. The number of nitrogens with zero attached hydrogens (tertiary/aromatic N) is 4. The van der Waals surface area contributed by atoms with Crippen molar-refractivity contribution < 1.29 is 9.84 Å². The van der Waals surface area contributed by atoms with Crippen molar-refractivity contribution in [1.29, 1.82) is 10.5 Å². The van der Waals surface area contributed by atoms with E-state index >= 15 is 0 Å². The molecule has 2 atom stereocenters. The predicted octanol–water partition coefficient (Wildman–Crippen LogP) is 4.05. The fourth-order valence-electron chi connectivity index (χ4n) is 3.75. The Kier molecular flexibility index (Phi) is 6.55. The molecule has 32 heavy (non-hydrogen) atoms. The molecule has 4 rings (SSSR count). The van der Waals surface area contributed by atoms with Crippen LogP contribution in [0.15, 0.2) is 53.8 Å². The number of aromatic nitrogens is 2. The first-order valence-corrected chi connectivity index (χ1v) is 11.2. The third-order valence-corrected chi connectivity index (χ3v) is 6.41. The number of hydrogen-bond donors (Lipinski definition) is 2. The highest BCUT2D eigenvalue weighted by atomic mass is 32.2. The topological polar surface area (TPSA) is 129 Å². The molecule has 3 N–H and O–H groups in total. The maximum absolute atomic E-state index is 9.99. The van der Waals surface area contributed by atoms with Gasteiger partial charge in [0.05, 0.1) is 11.7 Å². The molecule has 3 aromatic rings. The molecule has 2 aromatic heterocycles. The van der Waals surface area contributed by atoms with Crippen LogP contribution in [0.2, 0.25) is 0 Å². The van der Waals surface area contributed by atoms with Crippen LogP contribution in [0.3, 0.4) is 0 Å². The molecule has 0 radical (unpaired) electrons. The zero-order chi connectivity index (χ0) is 22.5. The Morgan fingerprint density at radius 2 is 1.91 bits per heavy atom. The summed E-state index contributed by atoms with van der Waals surface area (Å²) in [6, 6.07) is 15.2. The van der Waals surface area contributed by atoms with Gasteiger partial charge in [-0.25, -0.2) is 4.98 Å². The third kappa shape index (κ3) is 4.52. The minimum atomic E-state index is -0.454. The number of aliphatic hydroxyl groups is 1. The third-order valence-electron chi connectivity index (χ3n) is 5.36. The van der Waals surface area contributed by atoms with Gasteiger partial charge in [-0.2, -0.15) is 10.5 Å². The van der Waals surface area contributed by atoms with Crippen LogP contribution in [0, 0.1) is 22.7 Å². The van der Waals surface area contributed by atoms with Crippen LogP contribution in [0.1, 0.15) is 36.0 Å². The SMILES string of the molecule is N#Cc1c(N)nc(SCc2cccnc2)c(C#N)c1-c1ccc(OC2CCCC2O)cc1. The molecule has 0 spiro atoms. The molecule has 2 heterocycles. The molecule has 7 nitrogen and oxygen atoms in total. The van der Waals surface area contributed by atoms with E-state index in [1.54, 1.807) is 36.7 Å². The van der Waals surface area contributed by atoms with E-state index in [9.17, 15) is 15.6 Å². The molecular formula is C24H21N5O2S. The first-order chi connectivity index (χ1) is 15.6. The summed E-state index contributed by atoms with van der Waals surface area (Å²) in [5.41, 5.74) is 8.71. The van der Waals surface area contributed by atoms with Crippen LogP contribution in [-0.2, 0) is 5.75 Å². The molecular weight excluding hydrogens is 422 g/mol. The van der Waals surface area contributed by atoms with Gasteiger partial charge in [0.2, 0.25) is 0 Å². The Bertz CT molecular complexity index is 1190. The summed E-state index contributed by atoms with van der Waals surface area (Å²) in [7, 11) is 0. The number of anilines is 1. The van der Waals surface area contributed by atoms with Crippen molar-refractivity contribution in [3.63, 3.8) is 0 Å². The number of nitrogen functional groups attached to an aromatic ring is 1. The van der Waals surface area contributed by atoms with Crippen LogP contribution in [0.25, 0.3) is 11.1 Å². The van der Waals surface area contributed by atoms with Gasteiger partial charge in [0.25, 0.3) is 0 Å². The first-order valence-electron chi connectivity index (χ1n) is 10.2. The summed E-state index contributed by atoms with van der Waals surface area (Å²) >= 11 is 1.38. The molecule has 1 saturated carbocycles. The molecule has 1 aliphatic carbocycles. The fraction of sp³-hybridized carbons (Fsp3) is 0.250. The van der Waals surface area contributed by atoms with Gasteiger partial charge < -0.3 is 15.6 Å². The zero-order valence-electron chi connectivity index (χ0n) is 17.2. The minimum absolute atomic E-state index is 0.0876. The van der Waals surface area contributed by atoms with E-state index < -0.39 is 6.10 Å². The normalized spacial score (nSPS) is 17.5. The van der Waals surface area contributed by atoms with Crippen LogP contribution in [0.5, 0.6) is 5.75 Å². The van der Waals surface area contributed by atoms with Crippen LogP contribution in [-0.4, -0.2) is 27.3 Å². The van der Waals surface area contributed by atoms with E-state index in [1.807, 2.05) is 12.1 Å². The Morgan fingerprint density at radius 3 is 2.53 bits per heavy atom. The number of benzene rings is 1. The molecule has 1 aromatic carbocycles. The minimum Gasteiger partial charge on any atom is -0.488 e. The summed E-state index contributed by atoms with van der Waals surface area (Å²) < 4.78 is 5.90. The Labute approximate surface area is 190 Å². The maximum Gasteiger partial charge on any atom is 0.143 e. The second-order valence-electron chi connectivity index (χ2n) is 7.48. The van der Waals surface area contributed by atoms with E-state index in [2.05, 4.69) is 22.1 Å². The Morgan fingerprint density at radius 1 is 1.12 bits per heavy atom. The highest BCUT2D eigenvalue weighted by Crippen LogP contribution is 2.37. The number of nitriles is 2. The quantitative estimate of drug-likeness (QED) is 0.546. The number of thioether (sulfide) groups is 1. The molecule has 160 valence electrons. The van der Waals surface area contributed by atoms with Crippen molar-refractivity contribution in [2.45, 2.75) is 42.2 Å². The molecule has 1 fully saturated rings. The highest BCUT2D eigenvalue weighted by molar-refractivity contribution is 7.98. The number of pyridine rings is 2. The van der Waals surface area contributed by atoms with Gasteiger partial charge in [-0.15, -0.1) is 11.8 Å². The molecule has 8 heteroatoms. The standard InChI is InChI=1S/C24H21N5O2S/c25-11-18-22(16-6-8-17(9-7-16)31-21-5-1-4-20(21)30)19(12-26)24(29-23(18)27)32-14-15-3-2-10-28-13-15/h2-3,6-10,13,20-21,30H,1,4-5,14H2,(H2,27,29). The van der Waals surface area contributed by atoms with Gasteiger partial charge >= 0.3 is 0 Å². The average Bonchev–Trinajstić information content (AvgIpc) is 3.22. The molecule has 0 saturated heterocycles. The lowest BCUT2D eigenvalue weighted by Gasteiger charge is -2.18. The summed E-state index contributed by atoms with van der Waals surface area (Å²) in [5, 5.41) is 30.1. The van der Waals surface area contributed by atoms with Crippen LogP contribution in [0.4, 0.5) is 5.82 Å². The second-order valence-corrected chi connectivity index (χ2v) is 8.44. The summed E-state index contributed by atoms with van der Waals surface area (Å²) in [6.07, 6.45) is 5.30. The lowest BCUT2D eigenvalue weighted by molar-refractivity contribution is 0.0604. The summed E-state index contributed by atoms with van der Waals surface area (Å²) in [5.74, 6) is 1.28. The van der Waals surface area contributed by atoms with Gasteiger partial charge in [0.15, 0.2) is 0 Å². The Hall–Kier alpha value is -3.59.